The van der Waals surface area contributed by atoms with Crippen LogP contribution in [0.1, 0.15) is 42.4 Å². The molecule has 1 aliphatic heterocycles. The van der Waals surface area contributed by atoms with Crippen LogP contribution in [0.2, 0.25) is 0 Å². The first kappa shape index (κ1) is 20.4. The van der Waals surface area contributed by atoms with Crippen molar-refractivity contribution in [2.24, 2.45) is 0 Å². The second kappa shape index (κ2) is 8.79. The molecule has 1 unspecified atom stereocenters. The Kier molecular flexibility index (Phi) is 6.41. The first-order valence-electron chi connectivity index (χ1n) is 9.62. The predicted octanol–water partition coefficient (Wildman–Crippen LogP) is 2.63. The molecule has 2 heterocycles. The second-order valence-electron chi connectivity index (χ2n) is 6.75. The fourth-order valence-corrected chi connectivity index (χ4v) is 5.12. The van der Waals surface area contributed by atoms with Crippen molar-refractivity contribution in [1.82, 2.24) is 10.2 Å². The van der Waals surface area contributed by atoms with E-state index in [1.807, 2.05) is 12.1 Å². The fourth-order valence-electron chi connectivity index (χ4n) is 3.55. The number of carbonyl (C=O) groups is 1. The van der Waals surface area contributed by atoms with Crippen LogP contribution >= 0.6 is 0 Å². The molecule has 1 aliphatic rings. The largest absolute Gasteiger partial charge is 0.468 e. The van der Waals surface area contributed by atoms with E-state index in [4.69, 9.17) is 4.42 Å². The average Bonchev–Trinajstić information content (AvgIpc) is 3.34. The van der Waals surface area contributed by atoms with Gasteiger partial charge in [0.1, 0.15) is 5.76 Å². The Morgan fingerprint density at radius 1 is 1.21 bits per heavy atom. The lowest BCUT2D eigenvalue weighted by molar-refractivity contribution is 0.0929. The highest BCUT2D eigenvalue weighted by atomic mass is 32.2. The molecule has 1 aromatic heterocycles. The smallest absolute Gasteiger partial charge is 0.251 e. The zero-order valence-electron chi connectivity index (χ0n) is 16.3. The number of amides is 1. The van der Waals surface area contributed by atoms with Crippen LogP contribution in [0.4, 0.5) is 5.69 Å². The van der Waals surface area contributed by atoms with Crippen LogP contribution in [0, 0.1) is 0 Å². The zero-order chi connectivity index (χ0) is 20.1. The minimum atomic E-state index is -3.22. The van der Waals surface area contributed by atoms with E-state index in [0.717, 1.165) is 18.8 Å². The maximum absolute atomic E-state index is 12.6. The van der Waals surface area contributed by atoms with Gasteiger partial charge in [-0.25, -0.2) is 8.42 Å². The van der Waals surface area contributed by atoms with Crippen molar-refractivity contribution in [3.8, 4) is 0 Å². The van der Waals surface area contributed by atoms with Crippen molar-refractivity contribution in [1.29, 1.82) is 0 Å². The number of hydrogen-bond donors (Lipinski definition) is 1. The van der Waals surface area contributed by atoms with Crippen LogP contribution in [0.3, 0.4) is 0 Å². The van der Waals surface area contributed by atoms with E-state index in [0.29, 0.717) is 30.8 Å². The number of rotatable bonds is 8. The lowest BCUT2D eigenvalue weighted by atomic mass is 10.1. The number of carbonyl (C=O) groups excluding carboxylic acids is 1. The number of sulfonamides is 1. The number of hydrogen-bond acceptors (Lipinski definition) is 5. The molecule has 0 radical (unpaired) electrons. The van der Waals surface area contributed by atoms with E-state index in [-0.39, 0.29) is 17.7 Å². The maximum Gasteiger partial charge on any atom is 0.251 e. The molecular formula is C20H27N3O4S. The van der Waals surface area contributed by atoms with Gasteiger partial charge in [-0.1, -0.05) is 13.8 Å². The normalized spacial score (nSPS) is 17.0. The first-order valence-corrected chi connectivity index (χ1v) is 11.2. The highest BCUT2D eigenvalue weighted by Gasteiger charge is 2.28. The predicted molar refractivity (Wildman–Crippen MR) is 109 cm³/mol. The first-order chi connectivity index (χ1) is 13.5. The van der Waals surface area contributed by atoms with Crippen LogP contribution in [-0.4, -0.2) is 51.2 Å². The summed E-state index contributed by atoms with van der Waals surface area (Å²) in [7, 11) is -3.22. The topological polar surface area (TPSA) is 82.9 Å². The third kappa shape index (κ3) is 4.39. The molecule has 3 rings (SSSR count). The van der Waals surface area contributed by atoms with Crippen molar-refractivity contribution in [3.05, 3.63) is 54.0 Å². The van der Waals surface area contributed by atoms with Crippen molar-refractivity contribution in [2.75, 3.05) is 36.2 Å². The van der Waals surface area contributed by atoms with Gasteiger partial charge in [0.25, 0.3) is 5.91 Å². The van der Waals surface area contributed by atoms with Gasteiger partial charge in [-0.3, -0.25) is 14.0 Å². The molecule has 152 valence electrons. The summed E-state index contributed by atoms with van der Waals surface area (Å²) in [5, 5.41) is 2.97. The standard InChI is InChI=1S/C20H27N3O4S/c1-3-22(4-2)18(19-7-5-13-27-19)15-21-20(24)16-8-10-17(11-9-16)23-12-6-14-28(23,25)26/h5,7-11,13,18H,3-4,6,12,14-15H2,1-2H3,(H,21,24). The van der Waals surface area contributed by atoms with Gasteiger partial charge in [0.05, 0.1) is 23.7 Å². The number of nitrogens with zero attached hydrogens (tertiary/aromatic N) is 2. The molecule has 0 spiro atoms. The van der Waals surface area contributed by atoms with E-state index in [1.165, 1.54) is 4.31 Å². The Balaban J connectivity index is 1.67. The van der Waals surface area contributed by atoms with Crippen LogP contribution in [0.25, 0.3) is 0 Å². The van der Waals surface area contributed by atoms with Crippen LogP contribution in [0.15, 0.2) is 47.1 Å². The molecule has 1 atom stereocenters. The summed E-state index contributed by atoms with van der Waals surface area (Å²) in [5.41, 5.74) is 1.10. The van der Waals surface area contributed by atoms with Gasteiger partial charge in [0.2, 0.25) is 10.0 Å². The minimum absolute atomic E-state index is 0.0389. The van der Waals surface area contributed by atoms with Gasteiger partial charge in [0, 0.05) is 18.7 Å². The Bertz CT molecular complexity index is 875. The molecule has 1 amide bonds. The van der Waals surface area contributed by atoms with Crippen molar-refractivity contribution in [2.45, 2.75) is 26.3 Å². The number of nitrogens with one attached hydrogen (secondary N) is 1. The Morgan fingerprint density at radius 2 is 1.93 bits per heavy atom. The molecule has 0 bridgehead atoms. The van der Waals surface area contributed by atoms with Crippen molar-refractivity contribution < 1.29 is 17.6 Å². The van der Waals surface area contributed by atoms with Gasteiger partial charge < -0.3 is 9.73 Å². The monoisotopic (exact) mass is 405 g/mol. The molecule has 1 N–H and O–H groups in total. The average molecular weight is 406 g/mol. The summed E-state index contributed by atoms with van der Waals surface area (Å²) in [6.07, 6.45) is 2.27. The summed E-state index contributed by atoms with van der Waals surface area (Å²) >= 11 is 0. The molecule has 2 aromatic rings. The SMILES string of the molecule is CCN(CC)C(CNC(=O)c1ccc(N2CCCS2(=O)=O)cc1)c1ccco1. The lowest BCUT2D eigenvalue weighted by Crippen LogP contribution is -2.37. The second-order valence-corrected chi connectivity index (χ2v) is 8.76. The lowest BCUT2D eigenvalue weighted by Gasteiger charge is -2.28. The van der Waals surface area contributed by atoms with Crippen molar-refractivity contribution >= 4 is 21.6 Å². The molecule has 0 saturated carbocycles. The summed E-state index contributed by atoms with van der Waals surface area (Å²) in [6.45, 7) is 6.76. The quantitative estimate of drug-likeness (QED) is 0.730. The van der Waals surface area contributed by atoms with E-state index in [1.54, 1.807) is 30.5 Å². The van der Waals surface area contributed by atoms with Crippen LogP contribution < -0.4 is 9.62 Å². The number of likely N-dealkylation sites (N-methyl/N-ethyl adjacent to an activating group) is 1. The van der Waals surface area contributed by atoms with E-state index in [2.05, 4.69) is 24.1 Å². The number of furan rings is 1. The summed E-state index contributed by atoms with van der Waals surface area (Å²) in [5.74, 6) is 0.799. The van der Waals surface area contributed by atoms with E-state index < -0.39 is 10.0 Å². The third-order valence-electron chi connectivity index (χ3n) is 5.10. The van der Waals surface area contributed by atoms with Gasteiger partial charge in [0.15, 0.2) is 0 Å². The molecule has 1 fully saturated rings. The van der Waals surface area contributed by atoms with Crippen molar-refractivity contribution in [3.63, 3.8) is 0 Å². The van der Waals surface area contributed by atoms with E-state index in [9.17, 15) is 13.2 Å². The zero-order valence-corrected chi connectivity index (χ0v) is 17.1. The summed E-state index contributed by atoms with van der Waals surface area (Å²) < 4.78 is 31.0. The molecule has 0 aliphatic carbocycles. The molecule has 1 aromatic carbocycles. The molecular weight excluding hydrogens is 378 g/mol. The summed E-state index contributed by atoms with van der Waals surface area (Å²) in [6, 6.07) is 10.4. The summed E-state index contributed by atoms with van der Waals surface area (Å²) in [4.78, 5) is 14.8. The highest BCUT2D eigenvalue weighted by molar-refractivity contribution is 7.93. The number of anilines is 1. The van der Waals surface area contributed by atoms with Gasteiger partial charge in [-0.15, -0.1) is 0 Å². The third-order valence-corrected chi connectivity index (χ3v) is 6.97. The van der Waals surface area contributed by atoms with Crippen LogP contribution in [-0.2, 0) is 10.0 Å². The molecule has 8 heteroatoms. The maximum atomic E-state index is 12.6. The van der Waals surface area contributed by atoms with Gasteiger partial charge in [-0.2, -0.15) is 0 Å². The number of benzene rings is 1. The van der Waals surface area contributed by atoms with E-state index >= 15 is 0 Å². The van der Waals surface area contributed by atoms with Crippen LogP contribution in [0.5, 0.6) is 0 Å². The fraction of sp³-hybridized carbons (Fsp3) is 0.450. The molecule has 28 heavy (non-hydrogen) atoms. The Hall–Kier alpha value is -2.32. The Labute approximate surface area is 166 Å². The minimum Gasteiger partial charge on any atom is -0.468 e. The van der Waals surface area contributed by atoms with Gasteiger partial charge >= 0.3 is 0 Å². The molecule has 1 saturated heterocycles. The van der Waals surface area contributed by atoms with Gasteiger partial charge in [-0.05, 0) is 55.9 Å². The Morgan fingerprint density at radius 3 is 2.46 bits per heavy atom. The highest BCUT2D eigenvalue weighted by Crippen LogP contribution is 2.24. The molecule has 7 nitrogen and oxygen atoms in total.